The maximum Gasteiger partial charge on any atom is 0.342 e. The predicted molar refractivity (Wildman–Crippen MR) is 110 cm³/mol. The first kappa shape index (κ1) is 19.6. The van der Waals surface area contributed by atoms with Crippen LogP contribution in [-0.2, 0) is 9.53 Å². The van der Waals surface area contributed by atoms with Crippen LogP contribution in [0.25, 0.3) is 10.8 Å². The highest BCUT2D eigenvalue weighted by Crippen LogP contribution is 2.30. The highest BCUT2D eigenvalue weighted by Gasteiger charge is 2.22. The molecule has 30 heavy (non-hydrogen) atoms. The van der Waals surface area contributed by atoms with Crippen LogP contribution in [0.4, 0.5) is 0 Å². The van der Waals surface area contributed by atoms with Gasteiger partial charge in [-0.15, -0.1) is 0 Å². The largest absolute Gasteiger partial charge is 0.496 e. The van der Waals surface area contributed by atoms with Gasteiger partial charge in [-0.2, -0.15) is 0 Å². The van der Waals surface area contributed by atoms with Gasteiger partial charge in [0.05, 0.1) is 13.7 Å². The van der Waals surface area contributed by atoms with E-state index in [2.05, 4.69) is 5.32 Å². The summed E-state index contributed by atoms with van der Waals surface area (Å²) in [7, 11) is 1.48. The molecule has 4 rings (SSSR count). The van der Waals surface area contributed by atoms with Gasteiger partial charge >= 0.3 is 5.97 Å². The molecule has 0 aromatic heterocycles. The second-order valence-corrected chi connectivity index (χ2v) is 6.78. The van der Waals surface area contributed by atoms with Crippen molar-refractivity contribution in [1.82, 2.24) is 5.32 Å². The molecular formula is C23H21NO6. The minimum absolute atomic E-state index is 0.240. The molecule has 3 aromatic rings. The fourth-order valence-corrected chi connectivity index (χ4v) is 3.20. The van der Waals surface area contributed by atoms with Gasteiger partial charge in [0, 0.05) is 0 Å². The van der Waals surface area contributed by atoms with Crippen LogP contribution in [0.5, 0.6) is 17.2 Å². The fraction of sp³-hybridized carbons (Fsp3) is 0.217. The van der Waals surface area contributed by atoms with Gasteiger partial charge in [0.15, 0.2) is 18.1 Å². The molecule has 0 fully saturated rings. The number of hydrogen-bond acceptors (Lipinski definition) is 6. The normalized spacial score (nSPS) is 14.8. The van der Waals surface area contributed by atoms with E-state index in [-0.39, 0.29) is 18.2 Å². The van der Waals surface area contributed by atoms with Crippen molar-refractivity contribution < 1.29 is 28.5 Å². The summed E-state index contributed by atoms with van der Waals surface area (Å²) in [6, 6.07) is 18.4. The minimum Gasteiger partial charge on any atom is -0.496 e. The van der Waals surface area contributed by atoms with Crippen LogP contribution < -0.4 is 19.5 Å². The Morgan fingerprint density at radius 1 is 1.03 bits per heavy atom. The molecule has 7 nitrogen and oxygen atoms in total. The van der Waals surface area contributed by atoms with Crippen molar-refractivity contribution in [3.05, 3.63) is 66.2 Å². The van der Waals surface area contributed by atoms with Crippen LogP contribution in [-0.4, -0.2) is 44.8 Å². The number of esters is 1. The maximum atomic E-state index is 12.5. The van der Waals surface area contributed by atoms with Crippen LogP contribution in [0.3, 0.4) is 0 Å². The third-order valence-corrected chi connectivity index (χ3v) is 4.72. The number of para-hydroxylation sites is 2. The molecule has 7 heteroatoms. The molecule has 1 heterocycles. The Hall–Kier alpha value is -3.74. The molecule has 0 aliphatic carbocycles. The second kappa shape index (κ2) is 8.73. The number of nitrogens with one attached hydrogen (secondary N) is 1. The zero-order chi connectivity index (χ0) is 20.9. The van der Waals surface area contributed by atoms with E-state index in [4.69, 9.17) is 18.9 Å². The fourth-order valence-electron chi connectivity index (χ4n) is 3.20. The SMILES string of the molecule is COc1cc2ccccc2cc1C(=O)OCC(=O)NC[C@@H]1COc2ccccc2O1. The molecule has 1 atom stereocenters. The monoisotopic (exact) mass is 407 g/mol. The average Bonchev–Trinajstić information content (AvgIpc) is 2.80. The van der Waals surface area contributed by atoms with Gasteiger partial charge in [0.1, 0.15) is 24.0 Å². The summed E-state index contributed by atoms with van der Waals surface area (Å²) in [6.07, 6.45) is -0.319. The Balaban J connectivity index is 1.31. The molecule has 1 aliphatic rings. The summed E-state index contributed by atoms with van der Waals surface area (Å²) in [5.74, 6) is 0.659. The van der Waals surface area contributed by atoms with Crippen LogP contribution in [0.2, 0.25) is 0 Å². The van der Waals surface area contributed by atoms with E-state index in [1.807, 2.05) is 48.5 Å². The average molecular weight is 407 g/mol. The van der Waals surface area contributed by atoms with Gasteiger partial charge < -0.3 is 24.3 Å². The first-order valence-corrected chi connectivity index (χ1v) is 9.53. The van der Waals surface area contributed by atoms with Crippen LogP contribution in [0.15, 0.2) is 60.7 Å². The van der Waals surface area contributed by atoms with E-state index in [9.17, 15) is 9.59 Å². The Morgan fingerprint density at radius 2 is 1.73 bits per heavy atom. The van der Waals surface area contributed by atoms with E-state index < -0.39 is 18.5 Å². The lowest BCUT2D eigenvalue weighted by atomic mass is 10.1. The Morgan fingerprint density at radius 3 is 2.50 bits per heavy atom. The first-order valence-electron chi connectivity index (χ1n) is 9.53. The molecule has 154 valence electrons. The number of benzene rings is 3. The highest BCUT2D eigenvalue weighted by molar-refractivity contribution is 5.99. The molecule has 0 bridgehead atoms. The first-order chi connectivity index (χ1) is 14.6. The third-order valence-electron chi connectivity index (χ3n) is 4.72. The molecule has 0 saturated carbocycles. The Bertz CT molecular complexity index is 1080. The summed E-state index contributed by atoms with van der Waals surface area (Å²) < 4.78 is 21.9. The van der Waals surface area contributed by atoms with Gasteiger partial charge in [0.2, 0.25) is 0 Å². The summed E-state index contributed by atoms with van der Waals surface area (Å²) in [5, 5.41) is 4.52. The smallest absolute Gasteiger partial charge is 0.342 e. The summed E-state index contributed by atoms with van der Waals surface area (Å²) >= 11 is 0. The molecule has 0 spiro atoms. The van der Waals surface area contributed by atoms with Gasteiger partial charge in [-0.3, -0.25) is 4.79 Å². The summed E-state index contributed by atoms with van der Waals surface area (Å²) in [5.41, 5.74) is 0.268. The van der Waals surface area contributed by atoms with E-state index in [1.54, 1.807) is 12.1 Å². The number of fused-ring (bicyclic) bond motifs is 2. The zero-order valence-electron chi connectivity index (χ0n) is 16.4. The lowest BCUT2D eigenvalue weighted by molar-refractivity contribution is -0.124. The number of rotatable bonds is 6. The number of carbonyl (C=O) groups excluding carboxylic acids is 2. The van der Waals surface area contributed by atoms with Crippen LogP contribution in [0.1, 0.15) is 10.4 Å². The maximum absolute atomic E-state index is 12.5. The van der Waals surface area contributed by atoms with Gasteiger partial charge in [0.25, 0.3) is 5.91 Å². The predicted octanol–water partition coefficient (Wildman–Crippen LogP) is 2.96. The van der Waals surface area contributed by atoms with E-state index in [0.717, 1.165) is 10.8 Å². The topological polar surface area (TPSA) is 83.1 Å². The van der Waals surface area contributed by atoms with Gasteiger partial charge in [-0.05, 0) is 35.0 Å². The van der Waals surface area contributed by atoms with Gasteiger partial charge in [-0.1, -0.05) is 36.4 Å². The Labute approximate surface area is 173 Å². The number of carbonyl (C=O) groups is 2. The molecule has 0 radical (unpaired) electrons. The molecule has 0 unspecified atom stereocenters. The van der Waals surface area contributed by atoms with E-state index in [0.29, 0.717) is 23.9 Å². The third kappa shape index (κ3) is 4.30. The van der Waals surface area contributed by atoms with E-state index >= 15 is 0 Å². The zero-order valence-corrected chi connectivity index (χ0v) is 16.4. The van der Waals surface area contributed by atoms with Crippen molar-refractivity contribution in [2.75, 3.05) is 26.9 Å². The highest BCUT2D eigenvalue weighted by atomic mass is 16.6. The molecule has 0 saturated heterocycles. The van der Waals surface area contributed by atoms with Crippen LogP contribution >= 0.6 is 0 Å². The lowest BCUT2D eigenvalue weighted by Gasteiger charge is -2.26. The molecule has 1 aliphatic heterocycles. The number of ether oxygens (including phenoxy) is 4. The minimum atomic E-state index is -0.626. The number of hydrogen-bond donors (Lipinski definition) is 1. The number of amides is 1. The standard InChI is InChI=1S/C23H21NO6/c1-27-21-11-16-7-3-2-6-15(16)10-18(21)23(26)29-14-22(25)24-12-17-13-28-19-8-4-5-9-20(19)30-17/h2-11,17H,12-14H2,1H3,(H,24,25)/t17-/m1/s1. The Kier molecular flexibility index (Phi) is 5.70. The summed E-state index contributed by atoms with van der Waals surface area (Å²) in [4.78, 5) is 24.6. The molecular weight excluding hydrogens is 386 g/mol. The van der Waals surface area contributed by atoms with Gasteiger partial charge in [-0.25, -0.2) is 4.79 Å². The molecule has 1 N–H and O–H groups in total. The molecule has 1 amide bonds. The quantitative estimate of drug-likeness (QED) is 0.633. The van der Waals surface area contributed by atoms with Crippen molar-refractivity contribution >= 4 is 22.6 Å². The lowest BCUT2D eigenvalue weighted by Crippen LogP contribution is -2.42. The van der Waals surface area contributed by atoms with Crippen molar-refractivity contribution in [3.8, 4) is 17.2 Å². The van der Waals surface area contributed by atoms with Crippen LogP contribution in [0, 0.1) is 0 Å². The molecule has 3 aromatic carbocycles. The van der Waals surface area contributed by atoms with E-state index in [1.165, 1.54) is 7.11 Å². The van der Waals surface area contributed by atoms with Crippen molar-refractivity contribution in [3.63, 3.8) is 0 Å². The van der Waals surface area contributed by atoms with Crippen molar-refractivity contribution in [1.29, 1.82) is 0 Å². The number of methoxy groups -OCH3 is 1. The summed E-state index contributed by atoms with van der Waals surface area (Å²) in [6.45, 7) is 0.161. The van der Waals surface area contributed by atoms with Crippen molar-refractivity contribution in [2.24, 2.45) is 0 Å². The second-order valence-electron chi connectivity index (χ2n) is 6.78. The van der Waals surface area contributed by atoms with Crippen molar-refractivity contribution in [2.45, 2.75) is 6.10 Å².